The topological polar surface area (TPSA) is 103 Å². The molecule has 2 heterocycles. The Kier molecular flexibility index (Phi) is 4.36. The minimum atomic E-state index is -0.550. The SMILES string of the molecule is Cc1cc([N+](=O)[O-])nn1CC(C)C(=O)NCc1ccco1. The monoisotopic (exact) mass is 292 g/mol. The van der Waals surface area contributed by atoms with Gasteiger partial charge < -0.3 is 19.8 Å². The number of aryl methyl sites for hydroxylation is 1. The summed E-state index contributed by atoms with van der Waals surface area (Å²) < 4.78 is 6.59. The van der Waals surface area contributed by atoms with Gasteiger partial charge in [-0.1, -0.05) is 6.92 Å². The number of hydrogen-bond acceptors (Lipinski definition) is 5. The fourth-order valence-corrected chi connectivity index (χ4v) is 1.87. The van der Waals surface area contributed by atoms with Crippen LogP contribution in [0.5, 0.6) is 0 Å². The Hall–Kier alpha value is -2.64. The van der Waals surface area contributed by atoms with Crippen LogP contribution in [0.25, 0.3) is 0 Å². The second-order valence-corrected chi connectivity index (χ2v) is 4.78. The summed E-state index contributed by atoms with van der Waals surface area (Å²) in [7, 11) is 0. The van der Waals surface area contributed by atoms with Gasteiger partial charge in [-0.15, -0.1) is 0 Å². The number of rotatable bonds is 6. The van der Waals surface area contributed by atoms with Gasteiger partial charge in [-0.25, -0.2) is 0 Å². The van der Waals surface area contributed by atoms with Crippen LogP contribution in [0, 0.1) is 23.0 Å². The van der Waals surface area contributed by atoms with E-state index in [1.807, 2.05) is 0 Å². The first kappa shape index (κ1) is 14.8. The van der Waals surface area contributed by atoms with Crippen LogP contribution >= 0.6 is 0 Å². The van der Waals surface area contributed by atoms with Gasteiger partial charge in [-0.2, -0.15) is 4.68 Å². The van der Waals surface area contributed by atoms with Crippen molar-refractivity contribution in [2.75, 3.05) is 0 Å². The minimum absolute atomic E-state index is 0.163. The van der Waals surface area contributed by atoms with Crippen molar-refractivity contribution in [3.05, 3.63) is 46.0 Å². The highest BCUT2D eigenvalue weighted by molar-refractivity contribution is 5.78. The van der Waals surface area contributed by atoms with Gasteiger partial charge in [0.25, 0.3) is 0 Å². The fourth-order valence-electron chi connectivity index (χ4n) is 1.87. The molecule has 21 heavy (non-hydrogen) atoms. The molecule has 8 nitrogen and oxygen atoms in total. The molecule has 8 heteroatoms. The molecular formula is C13H16N4O4. The lowest BCUT2D eigenvalue weighted by atomic mass is 10.1. The van der Waals surface area contributed by atoms with Gasteiger partial charge in [0.05, 0.1) is 42.1 Å². The lowest BCUT2D eigenvalue weighted by Gasteiger charge is -2.10. The molecule has 0 saturated carbocycles. The summed E-state index contributed by atoms with van der Waals surface area (Å²) in [5, 5.41) is 17.3. The lowest BCUT2D eigenvalue weighted by Crippen LogP contribution is -2.31. The van der Waals surface area contributed by atoms with E-state index >= 15 is 0 Å². The number of aromatic nitrogens is 2. The van der Waals surface area contributed by atoms with Crippen molar-refractivity contribution >= 4 is 11.7 Å². The lowest BCUT2D eigenvalue weighted by molar-refractivity contribution is -0.389. The van der Waals surface area contributed by atoms with E-state index in [9.17, 15) is 14.9 Å². The molecule has 1 N–H and O–H groups in total. The third-order valence-corrected chi connectivity index (χ3v) is 3.07. The van der Waals surface area contributed by atoms with Crippen LogP contribution in [-0.4, -0.2) is 20.6 Å². The van der Waals surface area contributed by atoms with Gasteiger partial charge in [-0.3, -0.25) is 4.79 Å². The van der Waals surface area contributed by atoms with E-state index in [0.29, 0.717) is 18.0 Å². The molecule has 0 aliphatic carbocycles. The van der Waals surface area contributed by atoms with Crippen molar-refractivity contribution in [2.24, 2.45) is 5.92 Å². The maximum atomic E-state index is 12.0. The number of amides is 1. The van der Waals surface area contributed by atoms with Crippen molar-refractivity contribution < 1.29 is 14.1 Å². The van der Waals surface area contributed by atoms with Crippen LogP contribution < -0.4 is 5.32 Å². The largest absolute Gasteiger partial charge is 0.467 e. The van der Waals surface area contributed by atoms with E-state index in [1.54, 1.807) is 26.0 Å². The average Bonchev–Trinajstić information content (AvgIpc) is 3.06. The number of nitrogens with one attached hydrogen (secondary N) is 1. The maximum Gasteiger partial charge on any atom is 0.390 e. The van der Waals surface area contributed by atoms with E-state index in [0.717, 1.165) is 0 Å². The fraction of sp³-hybridized carbons (Fsp3) is 0.385. The first-order valence-corrected chi connectivity index (χ1v) is 6.46. The Morgan fingerprint density at radius 2 is 2.38 bits per heavy atom. The summed E-state index contributed by atoms with van der Waals surface area (Å²) in [5.41, 5.74) is 0.646. The van der Waals surface area contributed by atoms with Crippen molar-refractivity contribution in [2.45, 2.75) is 26.9 Å². The maximum absolute atomic E-state index is 12.0. The number of carbonyl (C=O) groups excluding carboxylic acids is 1. The molecule has 0 saturated heterocycles. The number of nitrogens with zero attached hydrogens (tertiary/aromatic N) is 3. The van der Waals surface area contributed by atoms with Crippen LogP contribution in [-0.2, 0) is 17.9 Å². The third kappa shape index (κ3) is 3.68. The summed E-state index contributed by atoms with van der Waals surface area (Å²) in [6, 6.07) is 4.90. The van der Waals surface area contributed by atoms with Crippen LogP contribution in [0.2, 0.25) is 0 Å². The van der Waals surface area contributed by atoms with Gasteiger partial charge in [0.2, 0.25) is 5.91 Å². The van der Waals surface area contributed by atoms with Crippen LogP contribution in [0.3, 0.4) is 0 Å². The number of furan rings is 1. The van der Waals surface area contributed by atoms with E-state index < -0.39 is 4.92 Å². The van der Waals surface area contributed by atoms with Gasteiger partial charge >= 0.3 is 5.82 Å². The van der Waals surface area contributed by atoms with E-state index in [2.05, 4.69) is 10.4 Å². The molecule has 2 aromatic rings. The van der Waals surface area contributed by atoms with Crippen LogP contribution in [0.4, 0.5) is 5.82 Å². The van der Waals surface area contributed by atoms with E-state index in [1.165, 1.54) is 17.0 Å². The Bertz CT molecular complexity index is 633. The molecular weight excluding hydrogens is 276 g/mol. The Balaban J connectivity index is 1.92. The quantitative estimate of drug-likeness (QED) is 0.644. The van der Waals surface area contributed by atoms with Crippen molar-refractivity contribution in [1.82, 2.24) is 15.1 Å². The summed E-state index contributed by atoms with van der Waals surface area (Å²) in [5.74, 6) is -0.0701. The molecule has 0 aromatic carbocycles. The average molecular weight is 292 g/mol. The van der Waals surface area contributed by atoms with Gasteiger partial charge in [0.15, 0.2) is 0 Å². The molecule has 112 valence electrons. The molecule has 0 fully saturated rings. The molecule has 0 radical (unpaired) electrons. The van der Waals surface area contributed by atoms with Crippen molar-refractivity contribution in [3.8, 4) is 0 Å². The molecule has 0 bridgehead atoms. The Morgan fingerprint density at radius 3 is 2.95 bits per heavy atom. The smallest absolute Gasteiger partial charge is 0.390 e. The molecule has 0 aliphatic heterocycles. The van der Waals surface area contributed by atoms with E-state index in [4.69, 9.17) is 4.42 Å². The molecule has 0 spiro atoms. The predicted octanol–water partition coefficient (Wildman–Crippen LogP) is 1.65. The van der Waals surface area contributed by atoms with Gasteiger partial charge in [0.1, 0.15) is 5.76 Å². The summed E-state index contributed by atoms with van der Waals surface area (Å²) >= 11 is 0. The zero-order valence-electron chi connectivity index (χ0n) is 11.8. The zero-order chi connectivity index (χ0) is 15.4. The molecule has 2 aromatic heterocycles. The minimum Gasteiger partial charge on any atom is -0.467 e. The highest BCUT2D eigenvalue weighted by atomic mass is 16.6. The molecule has 1 amide bonds. The first-order valence-electron chi connectivity index (χ1n) is 6.46. The summed E-state index contributed by atoms with van der Waals surface area (Å²) in [4.78, 5) is 22.1. The van der Waals surface area contributed by atoms with Crippen molar-refractivity contribution in [1.29, 1.82) is 0 Å². The predicted molar refractivity (Wildman–Crippen MR) is 73.3 cm³/mol. The van der Waals surface area contributed by atoms with Gasteiger partial charge in [0, 0.05) is 0 Å². The zero-order valence-corrected chi connectivity index (χ0v) is 11.8. The Morgan fingerprint density at radius 1 is 1.62 bits per heavy atom. The number of hydrogen-bond donors (Lipinski definition) is 1. The van der Waals surface area contributed by atoms with Crippen LogP contribution in [0.1, 0.15) is 18.4 Å². The number of nitro groups is 1. The molecule has 0 aliphatic rings. The Labute approximate surface area is 120 Å². The van der Waals surface area contributed by atoms with Gasteiger partial charge in [-0.05, 0) is 24.0 Å². The second-order valence-electron chi connectivity index (χ2n) is 4.78. The first-order chi connectivity index (χ1) is 9.97. The molecule has 2 rings (SSSR count). The molecule has 1 unspecified atom stereocenters. The summed E-state index contributed by atoms with van der Waals surface area (Å²) in [6.07, 6.45) is 1.54. The normalized spacial score (nSPS) is 12.1. The summed E-state index contributed by atoms with van der Waals surface area (Å²) in [6.45, 7) is 4.05. The second kappa shape index (κ2) is 6.21. The van der Waals surface area contributed by atoms with E-state index in [-0.39, 0.29) is 24.2 Å². The standard InChI is InChI=1S/C13H16N4O4/c1-9(13(18)14-7-11-4-3-5-21-11)8-16-10(2)6-12(15-16)17(19)20/h3-6,9H,7-8H2,1-2H3,(H,14,18). The third-order valence-electron chi connectivity index (χ3n) is 3.07. The molecule has 1 atom stereocenters. The van der Waals surface area contributed by atoms with Crippen LogP contribution in [0.15, 0.2) is 28.9 Å². The number of carbonyl (C=O) groups is 1. The highest BCUT2D eigenvalue weighted by Crippen LogP contribution is 2.13. The highest BCUT2D eigenvalue weighted by Gasteiger charge is 2.20. The van der Waals surface area contributed by atoms with Crippen molar-refractivity contribution in [3.63, 3.8) is 0 Å².